The number of nitrogens with one attached hydrogen (secondary N) is 1. The molecule has 33 heavy (non-hydrogen) atoms. The highest BCUT2D eigenvalue weighted by Gasteiger charge is 2.31. The van der Waals surface area contributed by atoms with Crippen molar-refractivity contribution in [3.8, 4) is 0 Å². The molecule has 3 aromatic carbocycles. The number of rotatable bonds is 5. The Balaban J connectivity index is 1.62. The van der Waals surface area contributed by atoms with Gasteiger partial charge in [-0.05, 0) is 74.8 Å². The number of fused-ring (bicyclic) bond motifs is 1. The first-order valence-corrected chi connectivity index (χ1v) is 11.9. The van der Waals surface area contributed by atoms with Gasteiger partial charge < -0.3 is 9.73 Å². The van der Waals surface area contributed by atoms with Gasteiger partial charge in [-0.1, -0.05) is 60.0 Å². The van der Waals surface area contributed by atoms with E-state index in [1.165, 1.54) is 6.42 Å². The number of likely N-dealkylation sites (tertiary alicyclic amines) is 1. The van der Waals surface area contributed by atoms with Crippen molar-refractivity contribution in [3.05, 3.63) is 100 Å². The van der Waals surface area contributed by atoms with Crippen molar-refractivity contribution in [2.45, 2.75) is 32.2 Å². The number of hydrogen-bond donors (Lipinski definition) is 1. The lowest BCUT2D eigenvalue weighted by Crippen LogP contribution is -2.34. The molecule has 1 aliphatic rings. The average Bonchev–Trinajstić information content (AvgIpc) is 3.19. The quantitative estimate of drug-likeness (QED) is 0.343. The SMILES string of the molecule is Cc1ccc(C(=O)Nc2c(C(c3ccc(Cl)cc3)N3CCCCC3)oc3ccccc23)cc1. The summed E-state index contributed by atoms with van der Waals surface area (Å²) in [6, 6.07) is 23.3. The Morgan fingerprint density at radius 3 is 2.36 bits per heavy atom. The molecule has 1 saturated heterocycles. The zero-order valence-electron chi connectivity index (χ0n) is 18.7. The second kappa shape index (κ2) is 9.42. The predicted octanol–water partition coefficient (Wildman–Crippen LogP) is 7.22. The van der Waals surface area contributed by atoms with Crippen LogP contribution in [0.1, 0.15) is 52.5 Å². The van der Waals surface area contributed by atoms with Crippen LogP contribution < -0.4 is 5.32 Å². The third-order valence-electron chi connectivity index (χ3n) is 6.36. The maximum absolute atomic E-state index is 13.2. The van der Waals surface area contributed by atoms with Crippen LogP contribution in [-0.4, -0.2) is 23.9 Å². The van der Waals surface area contributed by atoms with Crippen molar-refractivity contribution >= 4 is 34.2 Å². The van der Waals surface area contributed by atoms with Gasteiger partial charge in [0.2, 0.25) is 0 Å². The molecule has 1 aromatic heterocycles. The van der Waals surface area contributed by atoms with E-state index in [-0.39, 0.29) is 11.9 Å². The fourth-order valence-corrected chi connectivity index (χ4v) is 4.75. The number of nitrogens with zero attached hydrogens (tertiary/aromatic N) is 1. The third kappa shape index (κ3) is 4.54. The Bertz CT molecular complexity index is 1260. The molecule has 168 valence electrons. The first kappa shape index (κ1) is 21.7. The van der Waals surface area contributed by atoms with E-state index >= 15 is 0 Å². The molecule has 5 rings (SSSR count). The number of aryl methyl sites for hydroxylation is 1. The standard InChI is InChI=1S/C28H27ClN2O2/c1-19-9-11-21(12-10-19)28(32)30-25-23-7-3-4-8-24(23)33-27(25)26(31-17-5-2-6-18-31)20-13-15-22(29)16-14-20/h3-4,7-16,26H,2,5-6,17-18H2,1H3,(H,30,32). The highest BCUT2D eigenvalue weighted by Crippen LogP contribution is 2.41. The molecule has 5 heteroatoms. The van der Waals surface area contributed by atoms with Crippen molar-refractivity contribution in [1.29, 1.82) is 0 Å². The molecule has 0 saturated carbocycles. The molecule has 2 heterocycles. The minimum absolute atomic E-state index is 0.108. The summed E-state index contributed by atoms with van der Waals surface area (Å²) in [5.74, 6) is 0.622. The molecular formula is C28H27ClN2O2. The number of piperidine rings is 1. The maximum atomic E-state index is 13.2. The number of carbonyl (C=O) groups is 1. The molecule has 4 nitrogen and oxygen atoms in total. The fraction of sp³-hybridized carbons (Fsp3) is 0.250. The lowest BCUT2D eigenvalue weighted by atomic mass is 9.98. The minimum atomic E-state index is -0.142. The highest BCUT2D eigenvalue weighted by molar-refractivity contribution is 6.30. The lowest BCUT2D eigenvalue weighted by molar-refractivity contribution is 0.102. The van der Waals surface area contributed by atoms with Crippen LogP contribution in [0.2, 0.25) is 5.02 Å². The normalized spacial score (nSPS) is 15.5. The van der Waals surface area contributed by atoms with E-state index in [1.807, 2.05) is 67.6 Å². The van der Waals surface area contributed by atoms with E-state index < -0.39 is 0 Å². The van der Waals surface area contributed by atoms with Crippen LogP contribution in [-0.2, 0) is 0 Å². The molecule has 1 unspecified atom stereocenters. The molecule has 0 radical (unpaired) electrons. The number of furan rings is 1. The van der Waals surface area contributed by atoms with Crippen LogP contribution in [0.4, 0.5) is 5.69 Å². The Morgan fingerprint density at radius 2 is 1.64 bits per heavy atom. The Morgan fingerprint density at radius 1 is 0.939 bits per heavy atom. The maximum Gasteiger partial charge on any atom is 0.255 e. The summed E-state index contributed by atoms with van der Waals surface area (Å²) in [6.07, 6.45) is 3.53. The second-order valence-electron chi connectivity index (χ2n) is 8.71. The Hall–Kier alpha value is -3.08. The smallest absolute Gasteiger partial charge is 0.255 e. The van der Waals surface area contributed by atoms with Gasteiger partial charge in [0, 0.05) is 16.0 Å². The zero-order chi connectivity index (χ0) is 22.8. The van der Waals surface area contributed by atoms with Gasteiger partial charge in [0.25, 0.3) is 5.91 Å². The molecule has 0 spiro atoms. The lowest BCUT2D eigenvalue weighted by Gasteiger charge is -2.34. The summed E-state index contributed by atoms with van der Waals surface area (Å²) in [7, 11) is 0. The Labute approximate surface area is 199 Å². The van der Waals surface area contributed by atoms with Crippen LogP contribution >= 0.6 is 11.6 Å². The number of amides is 1. The molecule has 0 aliphatic carbocycles. The van der Waals surface area contributed by atoms with Gasteiger partial charge in [-0.25, -0.2) is 0 Å². The molecule has 4 aromatic rings. The first-order valence-electron chi connectivity index (χ1n) is 11.5. The summed E-state index contributed by atoms with van der Waals surface area (Å²) in [6.45, 7) is 3.98. The summed E-state index contributed by atoms with van der Waals surface area (Å²) in [4.78, 5) is 15.7. The largest absolute Gasteiger partial charge is 0.457 e. The number of hydrogen-bond acceptors (Lipinski definition) is 3. The third-order valence-corrected chi connectivity index (χ3v) is 6.62. The molecule has 1 amide bonds. The van der Waals surface area contributed by atoms with Gasteiger partial charge in [0.05, 0.1) is 11.7 Å². The number of para-hydroxylation sites is 1. The van der Waals surface area contributed by atoms with Gasteiger partial charge >= 0.3 is 0 Å². The van der Waals surface area contributed by atoms with E-state index in [0.29, 0.717) is 10.6 Å². The zero-order valence-corrected chi connectivity index (χ0v) is 19.4. The Kier molecular flexibility index (Phi) is 6.21. The van der Waals surface area contributed by atoms with Gasteiger partial charge in [0.1, 0.15) is 11.3 Å². The van der Waals surface area contributed by atoms with Crippen molar-refractivity contribution in [2.75, 3.05) is 18.4 Å². The van der Waals surface area contributed by atoms with Gasteiger partial charge in [-0.15, -0.1) is 0 Å². The van der Waals surface area contributed by atoms with Crippen LogP contribution in [0, 0.1) is 6.92 Å². The van der Waals surface area contributed by atoms with Crippen molar-refractivity contribution < 1.29 is 9.21 Å². The summed E-state index contributed by atoms with van der Waals surface area (Å²) in [5, 5.41) is 4.79. The molecule has 1 N–H and O–H groups in total. The van der Waals surface area contributed by atoms with Crippen LogP contribution in [0.25, 0.3) is 11.0 Å². The number of anilines is 1. The summed E-state index contributed by atoms with van der Waals surface area (Å²) in [5.41, 5.74) is 4.35. The molecule has 0 bridgehead atoms. The van der Waals surface area contributed by atoms with Crippen molar-refractivity contribution in [2.24, 2.45) is 0 Å². The van der Waals surface area contributed by atoms with Crippen molar-refractivity contribution in [3.63, 3.8) is 0 Å². The van der Waals surface area contributed by atoms with Gasteiger partial charge in [0.15, 0.2) is 0 Å². The molecule has 1 atom stereocenters. The number of carbonyl (C=O) groups excluding carboxylic acids is 1. The summed E-state index contributed by atoms with van der Waals surface area (Å²) >= 11 is 6.20. The van der Waals surface area contributed by atoms with E-state index in [1.54, 1.807) is 0 Å². The number of benzene rings is 3. The predicted molar refractivity (Wildman–Crippen MR) is 134 cm³/mol. The van der Waals surface area contributed by atoms with E-state index in [9.17, 15) is 4.79 Å². The minimum Gasteiger partial charge on any atom is -0.457 e. The van der Waals surface area contributed by atoms with Gasteiger partial charge in [-0.2, -0.15) is 0 Å². The molecular weight excluding hydrogens is 432 g/mol. The molecule has 1 fully saturated rings. The van der Waals surface area contributed by atoms with E-state index in [4.69, 9.17) is 16.0 Å². The first-order chi connectivity index (χ1) is 16.1. The number of halogens is 1. The van der Waals surface area contributed by atoms with E-state index in [0.717, 1.165) is 59.5 Å². The van der Waals surface area contributed by atoms with E-state index in [2.05, 4.69) is 22.3 Å². The van der Waals surface area contributed by atoms with Crippen molar-refractivity contribution in [1.82, 2.24) is 4.90 Å². The fourth-order valence-electron chi connectivity index (χ4n) is 4.63. The van der Waals surface area contributed by atoms with Crippen LogP contribution in [0.3, 0.4) is 0 Å². The van der Waals surface area contributed by atoms with Crippen LogP contribution in [0.15, 0.2) is 77.2 Å². The monoisotopic (exact) mass is 458 g/mol. The second-order valence-corrected chi connectivity index (χ2v) is 9.14. The average molecular weight is 459 g/mol. The van der Waals surface area contributed by atoms with Crippen LogP contribution in [0.5, 0.6) is 0 Å². The highest BCUT2D eigenvalue weighted by atomic mass is 35.5. The summed E-state index contributed by atoms with van der Waals surface area (Å²) < 4.78 is 6.47. The topological polar surface area (TPSA) is 45.5 Å². The van der Waals surface area contributed by atoms with Gasteiger partial charge in [-0.3, -0.25) is 9.69 Å². The molecule has 1 aliphatic heterocycles.